The molecule has 0 fully saturated rings. The summed E-state index contributed by atoms with van der Waals surface area (Å²) in [4.78, 5) is 23.2. The molecular weight excluding hydrogens is 671 g/mol. The van der Waals surface area contributed by atoms with Gasteiger partial charge >= 0.3 is 12.1 Å². The number of H-pyrrole nitrogens is 1. The summed E-state index contributed by atoms with van der Waals surface area (Å²) in [5.41, 5.74) is 19.5. The predicted octanol–water partition coefficient (Wildman–Crippen LogP) is 6.17. The van der Waals surface area contributed by atoms with Crippen LogP contribution >= 0.6 is 0 Å². The highest BCUT2D eigenvalue weighted by Crippen LogP contribution is 2.31. The summed E-state index contributed by atoms with van der Waals surface area (Å²) in [7, 11) is 0. The van der Waals surface area contributed by atoms with Crippen molar-refractivity contribution in [1.82, 2.24) is 19.9 Å². The fraction of sp³-hybridized carbons (Fsp3) is 0.472. The molecule has 0 saturated heterocycles. The number of benzene rings is 2. The first-order valence-electron chi connectivity index (χ1n) is 16.5. The van der Waals surface area contributed by atoms with Crippen molar-refractivity contribution >= 4 is 17.0 Å². The number of aromatic amines is 1. The van der Waals surface area contributed by atoms with Crippen LogP contribution in [0.15, 0.2) is 64.5 Å². The van der Waals surface area contributed by atoms with Crippen molar-refractivity contribution in [3.8, 4) is 11.4 Å². The van der Waals surface area contributed by atoms with Crippen molar-refractivity contribution in [3.63, 3.8) is 0 Å². The number of hydrogen-bond acceptors (Lipinski definition) is 6. The van der Waals surface area contributed by atoms with Crippen LogP contribution in [-0.4, -0.2) is 52.4 Å². The van der Waals surface area contributed by atoms with E-state index in [0.717, 1.165) is 40.6 Å². The number of unbranched alkanes of at least 4 members (excludes halogenated alkanes) is 1. The van der Waals surface area contributed by atoms with Gasteiger partial charge < -0.3 is 32.2 Å². The molecule has 0 atom stereocenters. The Kier molecular flexibility index (Phi) is 13.4. The first kappa shape index (κ1) is 40.9. The highest BCUT2D eigenvalue weighted by Gasteiger charge is 2.32. The highest BCUT2D eigenvalue weighted by atomic mass is 19.4. The lowest BCUT2D eigenvalue weighted by Gasteiger charge is -2.21. The number of guanidine groups is 1. The van der Waals surface area contributed by atoms with Gasteiger partial charge in [-0.05, 0) is 78.2 Å². The van der Waals surface area contributed by atoms with Crippen LogP contribution in [0.5, 0.6) is 5.75 Å². The summed E-state index contributed by atoms with van der Waals surface area (Å²) in [6.07, 6.45) is -0.501. The minimum Gasteiger partial charge on any atom is -0.406 e. The van der Waals surface area contributed by atoms with Crippen LogP contribution in [-0.2, 0) is 23.8 Å². The van der Waals surface area contributed by atoms with Crippen molar-refractivity contribution in [2.24, 2.45) is 22.2 Å². The molecule has 0 aliphatic heterocycles. The molecule has 0 bridgehead atoms. The zero-order valence-electron chi connectivity index (χ0n) is 29.9. The zero-order valence-corrected chi connectivity index (χ0v) is 29.9. The average molecular weight is 721 g/mol. The van der Waals surface area contributed by atoms with Gasteiger partial charge in [-0.15, -0.1) is 13.2 Å². The van der Waals surface area contributed by atoms with E-state index in [4.69, 9.17) is 17.2 Å². The van der Waals surface area contributed by atoms with Crippen molar-refractivity contribution in [3.05, 3.63) is 87.6 Å². The number of alkyl halides is 5. The minimum absolute atomic E-state index is 0.0939. The third-order valence-electron chi connectivity index (χ3n) is 7.72. The Morgan fingerprint density at radius 2 is 1.59 bits per heavy atom. The summed E-state index contributed by atoms with van der Waals surface area (Å²) in [5.74, 6) is -3.57. The average Bonchev–Trinajstić information content (AvgIpc) is 3.43. The Morgan fingerprint density at radius 3 is 2.16 bits per heavy atom. The Morgan fingerprint density at radius 1 is 0.922 bits per heavy atom. The van der Waals surface area contributed by atoms with E-state index in [0.29, 0.717) is 24.3 Å². The number of rotatable bonds is 12. The molecule has 51 heavy (non-hydrogen) atoms. The highest BCUT2D eigenvalue weighted by molar-refractivity contribution is 5.76. The third-order valence-corrected chi connectivity index (χ3v) is 7.72. The number of nitrogens with zero attached hydrogens (tertiary/aromatic N) is 3. The molecule has 0 aliphatic carbocycles. The van der Waals surface area contributed by atoms with Gasteiger partial charge in [-0.2, -0.15) is 4.98 Å². The number of nitrogens with one attached hydrogen (secondary N) is 2. The number of aliphatic imine (C=N–C) groups is 1. The number of ether oxygens (including phenoxy) is 1. The number of halogens is 5. The molecule has 0 saturated carbocycles. The van der Waals surface area contributed by atoms with Gasteiger partial charge in [0, 0.05) is 29.2 Å². The van der Waals surface area contributed by atoms with Gasteiger partial charge in [-0.3, -0.25) is 4.57 Å². The van der Waals surface area contributed by atoms with E-state index in [-0.39, 0.29) is 29.1 Å². The van der Waals surface area contributed by atoms with Crippen molar-refractivity contribution in [2.45, 2.75) is 90.5 Å². The van der Waals surface area contributed by atoms with Crippen LogP contribution in [0.2, 0.25) is 0 Å². The summed E-state index contributed by atoms with van der Waals surface area (Å²) in [5, 5.41) is 3.52. The normalized spacial score (nSPS) is 12.4. The zero-order chi connectivity index (χ0) is 38.2. The van der Waals surface area contributed by atoms with Crippen molar-refractivity contribution in [1.29, 1.82) is 0 Å². The summed E-state index contributed by atoms with van der Waals surface area (Å²) < 4.78 is 70.0. The van der Waals surface area contributed by atoms with E-state index < -0.39 is 31.1 Å². The second-order valence-electron chi connectivity index (χ2n) is 14.4. The second kappa shape index (κ2) is 16.7. The molecule has 0 radical (unpaired) electrons. The molecule has 2 aromatic heterocycles. The topological polar surface area (TPSA) is 162 Å². The number of fused-ring (bicyclic) bond motifs is 1. The summed E-state index contributed by atoms with van der Waals surface area (Å²) in [6, 6.07) is 13.9. The number of aromatic nitrogens is 3. The first-order valence-corrected chi connectivity index (χ1v) is 16.5. The summed E-state index contributed by atoms with van der Waals surface area (Å²) >= 11 is 0. The molecule has 8 N–H and O–H groups in total. The number of nitrogens with two attached hydrogens (primary N) is 3. The SMILES string of the molecule is CC(C)(C)c1cc(CCCCN)cc(OC(F)(F)F)c1.CC(C)(C)c1cc2cn(-c3ccc(CNCC(F)(F)CN=C(N)N)cc3)c(=O)nc2[nH]1. The van der Waals surface area contributed by atoms with E-state index in [1.165, 1.54) is 16.7 Å². The lowest BCUT2D eigenvalue weighted by atomic mass is 9.85. The molecule has 2 heterocycles. The molecule has 2 aromatic carbocycles. The molecule has 15 heteroatoms. The van der Waals surface area contributed by atoms with Crippen LogP contribution in [0.25, 0.3) is 16.7 Å². The van der Waals surface area contributed by atoms with E-state index in [1.54, 1.807) is 30.5 Å². The monoisotopic (exact) mass is 720 g/mol. The van der Waals surface area contributed by atoms with Gasteiger partial charge in [0.25, 0.3) is 5.92 Å². The van der Waals surface area contributed by atoms with Crippen LogP contribution in [0.3, 0.4) is 0 Å². The van der Waals surface area contributed by atoms with Gasteiger partial charge in [-0.1, -0.05) is 59.7 Å². The molecule has 4 rings (SSSR count). The predicted molar refractivity (Wildman–Crippen MR) is 192 cm³/mol. The van der Waals surface area contributed by atoms with Crippen LogP contribution in [0, 0.1) is 0 Å². The van der Waals surface area contributed by atoms with Gasteiger partial charge in [0.05, 0.1) is 12.2 Å². The lowest BCUT2D eigenvalue weighted by Crippen LogP contribution is -2.36. The standard InChI is InChI=1S/C21H27F2N7O.C15H22F3NO/c1-20(2,3)16-8-14-10-30(19(31)29-17(14)28-16)15-6-4-13(5-7-15)9-26-11-21(22,23)12-27-18(24)25;1-14(2,3)12-8-11(6-4-5-7-19)9-13(10-12)20-15(16,17)18/h4-8,10,26H,9,11-12H2,1-3H3,(H4,24,25,27)(H,28,29,31);8-10H,4-7,19H2,1-3H3. The number of hydrogen-bond donors (Lipinski definition) is 5. The van der Waals surface area contributed by atoms with E-state index in [1.807, 2.05) is 32.9 Å². The summed E-state index contributed by atoms with van der Waals surface area (Å²) in [6.45, 7) is 11.6. The van der Waals surface area contributed by atoms with Crippen molar-refractivity contribution in [2.75, 3.05) is 19.6 Å². The molecule has 0 unspecified atom stereocenters. The van der Waals surface area contributed by atoms with E-state index in [9.17, 15) is 26.7 Å². The fourth-order valence-corrected chi connectivity index (χ4v) is 4.91. The third kappa shape index (κ3) is 13.3. The van der Waals surface area contributed by atoms with Gasteiger partial charge in [0.15, 0.2) is 5.96 Å². The molecule has 280 valence electrons. The first-order chi connectivity index (χ1) is 23.6. The molecule has 0 aliphatic rings. The Balaban J connectivity index is 0.000000304. The Bertz CT molecular complexity index is 1820. The lowest BCUT2D eigenvalue weighted by molar-refractivity contribution is -0.274. The van der Waals surface area contributed by atoms with Crippen LogP contribution < -0.4 is 32.9 Å². The second-order valence-corrected chi connectivity index (χ2v) is 14.4. The fourth-order valence-electron chi connectivity index (χ4n) is 4.91. The van der Waals surface area contributed by atoms with Gasteiger partial charge in [-0.25, -0.2) is 18.6 Å². The quantitative estimate of drug-likeness (QED) is 0.0506. The van der Waals surface area contributed by atoms with Crippen LogP contribution in [0.4, 0.5) is 22.0 Å². The van der Waals surface area contributed by atoms with Gasteiger partial charge in [0.2, 0.25) is 0 Å². The Hall–Kier alpha value is -4.50. The maximum atomic E-state index is 13.7. The number of aryl methyl sites for hydroxylation is 1. The largest absolute Gasteiger partial charge is 0.573 e. The minimum atomic E-state index is -4.66. The molecular formula is C36H49F5N8O2. The maximum Gasteiger partial charge on any atom is 0.573 e. The molecule has 0 amide bonds. The molecule has 10 nitrogen and oxygen atoms in total. The smallest absolute Gasteiger partial charge is 0.406 e. The molecule has 0 spiro atoms. The van der Waals surface area contributed by atoms with E-state index in [2.05, 4.69) is 45.8 Å². The van der Waals surface area contributed by atoms with Crippen LogP contribution in [0.1, 0.15) is 76.8 Å². The van der Waals surface area contributed by atoms with Crippen molar-refractivity contribution < 1.29 is 26.7 Å². The maximum absolute atomic E-state index is 13.7. The molecule has 4 aromatic rings. The van der Waals surface area contributed by atoms with E-state index >= 15 is 0 Å². The van der Waals surface area contributed by atoms with Gasteiger partial charge in [0.1, 0.15) is 17.9 Å². The Labute approximate surface area is 294 Å².